The van der Waals surface area contributed by atoms with Crippen molar-refractivity contribution in [2.24, 2.45) is 0 Å². The number of nitrogens with zero attached hydrogens (tertiary/aromatic N) is 4. The van der Waals surface area contributed by atoms with E-state index in [4.69, 9.17) is 4.98 Å². The van der Waals surface area contributed by atoms with Crippen LogP contribution in [0.1, 0.15) is 29.2 Å². The first-order chi connectivity index (χ1) is 12.7. The summed E-state index contributed by atoms with van der Waals surface area (Å²) in [5, 5.41) is 13.3. The lowest BCUT2D eigenvalue weighted by Gasteiger charge is -2.18. The zero-order valence-corrected chi connectivity index (χ0v) is 14.8. The molecule has 128 valence electrons. The molecule has 5 heteroatoms. The van der Waals surface area contributed by atoms with Gasteiger partial charge in [-0.2, -0.15) is 5.26 Å². The van der Waals surface area contributed by atoms with Crippen molar-refractivity contribution in [3.8, 4) is 6.07 Å². The Kier molecular flexibility index (Phi) is 4.02. The number of anilines is 1. The minimum Gasteiger partial charge on any atom is -0.367 e. The molecule has 0 aliphatic carbocycles. The van der Waals surface area contributed by atoms with Crippen molar-refractivity contribution in [3.63, 3.8) is 0 Å². The van der Waals surface area contributed by atoms with Crippen LogP contribution in [0, 0.1) is 18.3 Å². The lowest BCUT2D eigenvalue weighted by molar-refractivity contribution is 1.01. The molecule has 0 bridgehead atoms. The van der Waals surface area contributed by atoms with Gasteiger partial charge in [0, 0.05) is 18.9 Å². The molecular weight excluding hydrogens is 322 g/mol. The molecule has 3 heterocycles. The van der Waals surface area contributed by atoms with E-state index >= 15 is 0 Å². The Morgan fingerprint density at radius 3 is 2.77 bits per heavy atom. The van der Waals surface area contributed by atoms with Crippen molar-refractivity contribution in [2.75, 3.05) is 5.32 Å². The molecule has 4 rings (SSSR count). The molecule has 0 aliphatic heterocycles. The van der Waals surface area contributed by atoms with E-state index in [1.807, 2.05) is 49.5 Å². The molecule has 0 amide bonds. The van der Waals surface area contributed by atoms with E-state index < -0.39 is 0 Å². The lowest BCUT2D eigenvalue weighted by atomic mass is 10.0. The standard InChI is InChI=1S/C21H19N5/c1-3-16-14(2)17(11-22)21-25-18-8-4-5-9-19(18)26(21)20(16)24-13-15-7-6-10-23-12-15/h4-10,12,24H,3,13H2,1-2H3. The highest BCUT2D eigenvalue weighted by Crippen LogP contribution is 2.31. The second kappa shape index (κ2) is 6.49. The second-order valence-electron chi connectivity index (χ2n) is 6.27. The van der Waals surface area contributed by atoms with Crippen molar-refractivity contribution in [1.82, 2.24) is 14.4 Å². The first-order valence-corrected chi connectivity index (χ1v) is 8.70. The van der Waals surface area contributed by atoms with E-state index in [9.17, 15) is 5.26 Å². The summed E-state index contributed by atoms with van der Waals surface area (Å²) in [5.41, 5.74) is 6.48. The first kappa shape index (κ1) is 16.1. The number of aromatic nitrogens is 3. The normalized spacial score (nSPS) is 11.0. The van der Waals surface area contributed by atoms with Crippen molar-refractivity contribution in [1.29, 1.82) is 5.26 Å². The average Bonchev–Trinajstić information content (AvgIpc) is 3.06. The minimum absolute atomic E-state index is 0.643. The van der Waals surface area contributed by atoms with E-state index in [1.54, 1.807) is 6.20 Å². The van der Waals surface area contributed by atoms with Gasteiger partial charge in [0.05, 0.1) is 16.6 Å². The Morgan fingerprint density at radius 2 is 2.04 bits per heavy atom. The van der Waals surface area contributed by atoms with E-state index in [2.05, 4.69) is 27.7 Å². The van der Waals surface area contributed by atoms with E-state index in [-0.39, 0.29) is 0 Å². The fourth-order valence-corrected chi connectivity index (χ4v) is 3.49. The summed E-state index contributed by atoms with van der Waals surface area (Å²) in [6.45, 7) is 4.78. The predicted octanol–water partition coefficient (Wildman–Crippen LogP) is 4.24. The first-order valence-electron chi connectivity index (χ1n) is 8.70. The zero-order chi connectivity index (χ0) is 18.1. The Hall–Kier alpha value is -3.39. The molecule has 1 N–H and O–H groups in total. The van der Waals surface area contributed by atoms with Gasteiger partial charge in [-0.15, -0.1) is 0 Å². The largest absolute Gasteiger partial charge is 0.367 e. The van der Waals surface area contributed by atoms with Gasteiger partial charge in [-0.3, -0.25) is 9.38 Å². The van der Waals surface area contributed by atoms with Crippen LogP contribution < -0.4 is 5.32 Å². The van der Waals surface area contributed by atoms with Crippen LogP contribution in [0.25, 0.3) is 16.7 Å². The molecule has 0 atom stereocenters. The summed E-state index contributed by atoms with van der Waals surface area (Å²) >= 11 is 0. The number of imidazole rings is 1. The number of nitrogens with one attached hydrogen (secondary N) is 1. The molecular formula is C21H19N5. The van der Waals surface area contributed by atoms with Crippen LogP contribution in [0.3, 0.4) is 0 Å². The highest BCUT2D eigenvalue weighted by Gasteiger charge is 2.19. The Balaban J connectivity index is 1.98. The van der Waals surface area contributed by atoms with Crippen molar-refractivity contribution in [2.45, 2.75) is 26.8 Å². The molecule has 3 aromatic heterocycles. The molecule has 0 spiro atoms. The Morgan fingerprint density at radius 1 is 1.19 bits per heavy atom. The minimum atomic E-state index is 0.643. The predicted molar refractivity (Wildman–Crippen MR) is 103 cm³/mol. The molecule has 0 saturated heterocycles. The summed E-state index contributed by atoms with van der Waals surface area (Å²) in [5.74, 6) is 0.997. The number of hydrogen-bond donors (Lipinski definition) is 1. The second-order valence-corrected chi connectivity index (χ2v) is 6.27. The third-order valence-electron chi connectivity index (χ3n) is 4.77. The van der Waals surface area contributed by atoms with Crippen molar-refractivity contribution < 1.29 is 0 Å². The van der Waals surface area contributed by atoms with Crippen LogP contribution >= 0.6 is 0 Å². The zero-order valence-electron chi connectivity index (χ0n) is 14.8. The number of para-hydroxylation sites is 2. The number of nitriles is 1. The lowest BCUT2D eigenvalue weighted by Crippen LogP contribution is -2.10. The van der Waals surface area contributed by atoms with E-state index in [1.165, 1.54) is 0 Å². The molecule has 1 aromatic carbocycles. The fourth-order valence-electron chi connectivity index (χ4n) is 3.49. The van der Waals surface area contributed by atoms with Crippen LogP contribution in [0.15, 0.2) is 48.8 Å². The third kappa shape index (κ3) is 2.47. The number of rotatable bonds is 4. The van der Waals surface area contributed by atoms with Crippen LogP contribution in [0.2, 0.25) is 0 Å². The molecule has 5 nitrogen and oxygen atoms in total. The fraction of sp³-hybridized carbons (Fsp3) is 0.190. The third-order valence-corrected chi connectivity index (χ3v) is 4.77. The topological polar surface area (TPSA) is 66.0 Å². The molecule has 4 aromatic rings. The molecule has 0 fully saturated rings. The molecule has 26 heavy (non-hydrogen) atoms. The SMILES string of the molecule is CCc1c(C)c(C#N)c2nc3ccccc3n2c1NCc1cccnc1. The number of benzene rings is 1. The van der Waals surface area contributed by atoms with Gasteiger partial charge in [-0.05, 0) is 48.2 Å². The summed E-state index contributed by atoms with van der Waals surface area (Å²) in [6.07, 6.45) is 4.46. The molecule has 0 saturated carbocycles. The van der Waals surface area contributed by atoms with Crippen molar-refractivity contribution in [3.05, 3.63) is 71.0 Å². The van der Waals surface area contributed by atoms with Gasteiger partial charge in [-0.25, -0.2) is 4.98 Å². The van der Waals surface area contributed by atoms with Crippen LogP contribution in [-0.2, 0) is 13.0 Å². The maximum Gasteiger partial charge on any atom is 0.157 e. The number of hydrogen-bond acceptors (Lipinski definition) is 4. The van der Waals surface area contributed by atoms with Gasteiger partial charge in [0.1, 0.15) is 11.9 Å². The monoisotopic (exact) mass is 341 g/mol. The summed E-state index contributed by atoms with van der Waals surface area (Å²) < 4.78 is 2.08. The number of fused-ring (bicyclic) bond motifs is 3. The van der Waals surface area contributed by atoms with E-state index in [0.717, 1.165) is 40.0 Å². The van der Waals surface area contributed by atoms with Gasteiger partial charge < -0.3 is 5.32 Å². The van der Waals surface area contributed by atoms with Crippen LogP contribution in [0.5, 0.6) is 0 Å². The van der Waals surface area contributed by atoms with Gasteiger partial charge in [-0.1, -0.05) is 25.1 Å². The smallest absolute Gasteiger partial charge is 0.157 e. The Labute approximate surface area is 151 Å². The molecule has 0 unspecified atom stereocenters. The van der Waals surface area contributed by atoms with Gasteiger partial charge in [0.25, 0.3) is 0 Å². The van der Waals surface area contributed by atoms with Gasteiger partial charge >= 0.3 is 0 Å². The van der Waals surface area contributed by atoms with Gasteiger partial charge in [0.2, 0.25) is 0 Å². The summed E-state index contributed by atoms with van der Waals surface area (Å²) in [6, 6.07) is 14.3. The highest BCUT2D eigenvalue weighted by molar-refractivity contribution is 5.86. The average molecular weight is 341 g/mol. The number of pyridine rings is 2. The maximum atomic E-state index is 9.73. The quantitative estimate of drug-likeness (QED) is 0.603. The summed E-state index contributed by atoms with van der Waals surface area (Å²) in [7, 11) is 0. The van der Waals surface area contributed by atoms with Crippen LogP contribution in [-0.4, -0.2) is 14.4 Å². The van der Waals surface area contributed by atoms with Crippen LogP contribution in [0.4, 0.5) is 5.82 Å². The summed E-state index contributed by atoms with van der Waals surface area (Å²) in [4.78, 5) is 8.91. The van der Waals surface area contributed by atoms with Gasteiger partial charge in [0.15, 0.2) is 5.65 Å². The Bertz CT molecular complexity index is 1140. The highest BCUT2D eigenvalue weighted by atomic mass is 15.1. The van der Waals surface area contributed by atoms with E-state index in [0.29, 0.717) is 17.8 Å². The van der Waals surface area contributed by atoms with Crippen molar-refractivity contribution >= 4 is 22.5 Å². The maximum absolute atomic E-state index is 9.73. The molecule has 0 radical (unpaired) electrons. The molecule has 0 aliphatic rings.